The maximum Gasteiger partial charge on any atom is 0.216 e. The molecule has 0 aromatic carbocycles. The molecule has 0 radical (unpaired) electrons. The summed E-state index contributed by atoms with van der Waals surface area (Å²) in [5.74, 6) is 1.50. The minimum absolute atomic E-state index is 0.159. The fourth-order valence-electron chi connectivity index (χ4n) is 3.39. The minimum atomic E-state index is 0.159. The van der Waals surface area contributed by atoms with Crippen LogP contribution in [-0.4, -0.2) is 40.4 Å². The van der Waals surface area contributed by atoms with E-state index in [2.05, 4.69) is 39.5 Å². The highest BCUT2D eigenvalue weighted by Gasteiger charge is 2.34. The van der Waals surface area contributed by atoms with E-state index in [1.54, 1.807) is 0 Å². The van der Waals surface area contributed by atoms with Gasteiger partial charge in [0, 0.05) is 32.2 Å². The third-order valence-corrected chi connectivity index (χ3v) is 4.79. The van der Waals surface area contributed by atoms with E-state index < -0.39 is 0 Å². The van der Waals surface area contributed by atoms with Crippen molar-refractivity contribution < 1.29 is 4.74 Å². The van der Waals surface area contributed by atoms with E-state index in [9.17, 15) is 0 Å². The van der Waals surface area contributed by atoms with Gasteiger partial charge in [0.15, 0.2) is 0 Å². The molecule has 0 saturated carbocycles. The first-order valence-electron chi connectivity index (χ1n) is 8.91. The van der Waals surface area contributed by atoms with Crippen LogP contribution in [0.4, 0.5) is 0 Å². The average Bonchev–Trinajstić information content (AvgIpc) is 2.70. The molecule has 23 heavy (non-hydrogen) atoms. The van der Waals surface area contributed by atoms with Crippen LogP contribution in [0.5, 0.6) is 5.88 Å². The molecule has 0 aliphatic carbocycles. The zero-order valence-corrected chi connectivity index (χ0v) is 15.7. The van der Waals surface area contributed by atoms with Gasteiger partial charge in [-0.15, -0.1) is 0 Å². The lowest BCUT2D eigenvalue weighted by molar-refractivity contribution is 0.0887. The summed E-state index contributed by atoms with van der Waals surface area (Å²) >= 11 is 0. The first-order chi connectivity index (χ1) is 10.7. The van der Waals surface area contributed by atoms with Gasteiger partial charge in [-0.1, -0.05) is 27.7 Å². The van der Waals surface area contributed by atoms with Gasteiger partial charge < -0.3 is 10.5 Å². The van der Waals surface area contributed by atoms with Crippen LogP contribution in [0.25, 0.3) is 0 Å². The van der Waals surface area contributed by atoms with Gasteiger partial charge in [0.05, 0.1) is 17.9 Å². The Kier molecular flexibility index (Phi) is 5.74. The van der Waals surface area contributed by atoms with E-state index in [4.69, 9.17) is 15.6 Å². The van der Waals surface area contributed by atoms with Crippen LogP contribution in [0.2, 0.25) is 0 Å². The van der Waals surface area contributed by atoms with E-state index in [1.165, 1.54) is 5.56 Å². The van der Waals surface area contributed by atoms with Crippen molar-refractivity contribution in [2.75, 3.05) is 19.7 Å². The van der Waals surface area contributed by atoms with Crippen molar-refractivity contribution in [2.24, 2.45) is 17.1 Å². The molecule has 2 heterocycles. The molecule has 1 aliphatic heterocycles. The molecule has 1 aromatic heterocycles. The molecule has 5 nitrogen and oxygen atoms in total. The normalized spacial score (nSPS) is 21.8. The third-order valence-electron chi connectivity index (χ3n) is 4.79. The summed E-state index contributed by atoms with van der Waals surface area (Å²) < 4.78 is 7.99. The first kappa shape index (κ1) is 18.3. The summed E-state index contributed by atoms with van der Waals surface area (Å²) in [4.78, 5) is 2.50. The molecule has 2 N–H and O–H groups in total. The molecule has 1 fully saturated rings. The number of aryl methyl sites for hydroxylation is 1. The van der Waals surface area contributed by atoms with Crippen LogP contribution in [0.15, 0.2) is 0 Å². The maximum absolute atomic E-state index is 6.27. The summed E-state index contributed by atoms with van der Waals surface area (Å²) in [6.45, 7) is 17.6. The third kappa shape index (κ3) is 4.27. The summed E-state index contributed by atoms with van der Waals surface area (Å²) in [7, 11) is 0. The largest absolute Gasteiger partial charge is 0.478 e. The molecule has 0 amide bonds. The highest BCUT2D eigenvalue weighted by Crippen LogP contribution is 2.31. The molecule has 0 spiro atoms. The van der Waals surface area contributed by atoms with Crippen LogP contribution in [0.3, 0.4) is 0 Å². The number of likely N-dealkylation sites (tertiary alicyclic amines) is 1. The second-order valence-corrected chi connectivity index (χ2v) is 7.97. The molecule has 1 aromatic rings. The van der Waals surface area contributed by atoms with Crippen molar-refractivity contribution in [1.82, 2.24) is 14.7 Å². The Labute approximate surface area is 141 Å². The van der Waals surface area contributed by atoms with Gasteiger partial charge in [0.25, 0.3) is 0 Å². The first-order valence-corrected chi connectivity index (χ1v) is 8.91. The van der Waals surface area contributed by atoms with Crippen LogP contribution in [0.1, 0.15) is 52.3 Å². The topological polar surface area (TPSA) is 56.3 Å². The minimum Gasteiger partial charge on any atom is -0.478 e. The van der Waals surface area contributed by atoms with E-state index in [0.717, 1.165) is 44.2 Å². The van der Waals surface area contributed by atoms with Crippen molar-refractivity contribution in [2.45, 2.75) is 67.1 Å². The van der Waals surface area contributed by atoms with Gasteiger partial charge in [-0.05, 0) is 31.6 Å². The van der Waals surface area contributed by atoms with E-state index in [-0.39, 0.29) is 11.5 Å². The Hall–Kier alpha value is -1.07. The number of piperidine rings is 1. The average molecular weight is 322 g/mol. The fraction of sp³-hybridized carbons (Fsp3) is 0.833. The highest BCUT2D eigenvalue weighted by molar-refractivity contribution is 5.31. The number of nitrogens with zero attached hydrogens (tertiary/aromatic N) is 3. The number of hydrogen-bond acceptors (Lipinski definition) is 4. The summed E-state index contributed by atoms with van der Waals surface area (Å²) in [6.07, 6.45) is 1.05. The van der Waals surface area contributed by atoms with Crippen molar-refractivity contribution in [3.05, 3.63) is 11.3 Å². The van der Waals surface area contributed by atoms with Gasteiger partial charge >= 0.3 is 0 Å². The molecule has 5 heteroatoms. The number of rotatable bonds is 6. The Morgan fingerprint density at radius 2 is 2.09 bits per heavy atom. The van der Waals surface area contributed by atoms with Crippen LogP contribution < -0.4 is 10.5 Å². The maximum atomic E-state index is 6.27. The summed E-state index contributed by atoms with van der Waals surface area (Å²) in [5.41, 5.74) is 8.75. The molecule has 1 atom stereocenters. The molecule has 132 valence electrons. The van der Waals surface area contributed by atoms with Crippen molar-refractivity contribution in [3.8, 4) is 5.88 Å². The van der Waals surface area contributed by atoms with Gasteiger partial charge in [-0.3, -0.25) is 4.90 Å². The SMILES string of the molecule is CCOc1c(CN2CCC(N)C(C)(C)C2)c(C)nn1CC(C)C. The zero-order valence-electron chi connectivity index (χ0n) is 15.7. The second-order valence-electron chi connectivity index (χ2n) is 7.97. The Morgan fingerprint density at radius 3 is 2.65 bits per heavy atom. The van der Waals surface area contributed by atoms with Crippen molar-refractivity contribution >= 4 is 0 Å². The lowest BCUT2D eigenvalue weighted by atomic mass is 9.79. The van der Waals surface area contributed by atoms with Crippen molar-refractivity contribution in [3.63, 3.8) is 0 Å². The number of aromatic nitrogens is 2. The standard InChI is InChI=1S/C18H34N4O/c1-7-23-17-15(14(4)20-22(17)10-13(2)3)11-21-9-8-16(19)18(5,6)12-21/h13,16H,7-12,19H2,1-6H3. The van der Waals surface area contributed by atoms with Gasteiger partial charge in [-0.2, -0.15) is 5.10 Å². The lowest BCUT2D eigenvalue weighted by Crippen LogP contribution is -2.52. The quantitative estimate of drug-likeness (QED) is 0.875. The van der Waals surface area contributed by atoms with Crippen LogP contribution in [0, 0.1) is 18.3 Å². The van der Waals surface area contributed by atoms with Crippen LogP contribution in [-0.2, 0) is 13.1 Å². The van der Waals surface area contributed by atoms with Crippen molar-refractivity contribution in [1.29, 1.82) is 0 Å². The van der Waals surface area contributed by atoms with Gasteiger partial charge in [-0.25, -0.2) is 4.68 Å². The Morgan fingerprint density at radius 1 is 1.39 bits per heavy atom. The molecule has 2 rings (SSSR count). The number of nitrogens with two attached hydrogens (primary N) is 1. The van der Waals surface area contributed by atoms with Crippen LogP contribution >= 0.6 is 0 Å². The molecule has 1 saturated heterocycles. The smallest absolute Gasteiger partial charge is 0.216 e. The summed E-state index contributed by atoms with van der Waals surface area (Å²) in [5, 5.41) is 4.73. The van der Waals surface area contributed by atoms with E-state index in [0.29, 0.717) is 12.5 Å². The molecular weight excluding hydrogens is 288 g/mol. The Balaban J connectivity index is 2.20. The number of ether oxygens (including phenoxy) is 1. The summed E-state index contributed by atoms with van der Waals surface area (Å²) in [6, 6.07) is 0.287. The number of hydrogen-bond donors (Lipinski definition) is 1. The molecular formula is C18H34N4O. The molecule has 0 bridgehead atoms. The lowest BCUT2D eigenvalue weighted by Gasteiger charge is -2.42. The van der Waals surface area contributed by atoms with E-state index in [1.807, 2.05) is 11.6 Å². The Bertz CT molecular complexity index is 521. The predicted octanol–water partition coefficient (Wildman–Crippen LogP) is 2.81. The second kappa shape index (κ2) is 7.22. The van der Waals surface area contributed by atoms with Gasteiger partial charge in [0.2, 0.25) is 5.88 Å². The molecule has 1 aliphatic rings. The predicted molar refractivity (Wildman–Crippen MR) is 94.6 cm³/mol. The highest BCUT2D eigenvalue weighted by atomic mass is 16.5. The van der Waals surface area contributed by atoms with E-state index >= 15 is 0 Å². The fourth-order valence-corrected chi connectivity index (χ4v) is 3.39. The monoisotopic (exact) mass is 322 g/mol. The van der Waals surface area contributed by atoms with Gasteiger partial charge in [0.1, 0.15) is 0 Å². The molecule has 1 unspecified atom stereocenters. The zero-order chi connectivity index (χ0) is 17.2.